The predicted molar refractivity (Wildman–Crippen MR) is 126 cm³/mol. The molecule has 0 aromatic heterocycles. The van der Waals surface area contributed by atoms with Gasteiger partial charge in [-0.15, -0.1) is 0 Å². The van der Waals surface area contributed by atoms with Gasteiger partial charge >= 0.3 is 5.97 Å². The number of benzene rings is 1. The van der Waals surface area contributed by atoms with Crippen molar-refractivity contribution in [3.8, 4) is 11.5 Å². The van der Waals surface area contributed by atoms with Crippen LogP contribution in [0.3, 0.4) is 0 Å². The van der Waals surface area contributed by atoms with E-state index in [1.807, 2.05) is 0 Å². The van der Waals surface area contributed by atoms with Crippen LogP contribution in [-0.2, 0) is 28.5 Å². The summed E-state index contributed by atoms with van der Waals surface area (Å²) in [6, 6.07) is 4.42. The van der Waals surface area contributed by atoms with Gasteiger partial charge in [0.2, 0.25) is 6.29 Å². The predicted octanol–water partition coefficient (Wildman–Crippen LogP) is -2.50. The van der Waals surface area contributed by atoms with Crippen molar-refractivity contribution < 1.29 is 69.0 Å². The van der Waals surface area contributed by atoms with Crippen LogP contribution in [0.4, 0.5) is 0 Å². The number of hydrogen-bond donors (Lipinski definition) is 7. The van der Waals surface area contributed by atoms with Crippen molar-refractivity contribution in [3.63, 3.8) is 0 Å². The van der Waals surface area contributed by atoms with E-state index >= 15 is 0 Å². The second-order valence-corrected chi connectivity index (χ2v) is 9.81. The largest absolute Gasteiger partial charge is 0.504 e. The number of aromatic hydroxyl groups is 1. The summed E-state index contributed by atoms with van der Waals surface area (Å²) in [5.74, 6) is -1.81. The lowest BCUT2D eigenvalue weighted by Crippen LogP contribution is -2.62. The van der Waals surface area contributed by atoms with Gasteiger partial charge in [0.05, 0.1) is 25.9 Å². The Balaban J connectivity index is 1.23. The number of phenols is 1. The molecule has 0 bridgehead atoms. The number of fused-ring (bicyclic) bond motifs is 3. The monoisotopic (exact) mass is 554 g/mol. The fraction of sp³-hybridized carbons (Fsp3) is 0.560. The molecule has 0 unspecified atom stereocenters. The van der Waals surface area contributed by atoms with Crippen LogP contribution < -0.4 is 4.74 Å². The first-order valence-corrected chi connectivity index (χ1v) is 12.1. The summed E-state index contributed by atoms with van der Waals surface area (Å²) < 4.78 is 32.3. The summed E-state index contributed by atoms with van der Waals surface area (Å²) in [4.78, 5) is 12.2. The first-order chi connectivity index (χ1) is 18.6. The molecule has 3 fully saturated rings. The lowest BCUT2D eigenvalue weighted by molar-refractivity contribution is -0.350. The van der Waals surface area contributed by atoms with Crippen LogP contribution in [-0.4, -0.2) is 122 Å². The second-order valence-electron chi connectivity index (χ2n) is 9.81. The van der Waals surface area contributed by atoms with Crippen LogP contribution in [0.15, 0.2) is 36.6 Å². The quantitative estimate of drug-likeness (QED) is 0.100. The molecule has 0 spiro atoms. The van der Waals surface area contributed by atoms with E-state index in [0.717, 1.165) is 12.3 Å². The number of epoxide rings is 1. The van der Waals surface area contributed by atoms with E-state index in [9.17, 15) is 40.5 Å². The number of rotatable bonds is 8. The Bertz CT molecular complexity index is 1140. The van der Waals surface area contributed by atoms with E-state index < -0.39 is 85.5 Å². The SMILES string of the molecule is COc1cc(/C=C/C(=O)OC[C@H]2O[C@@H](O[C@H]3OC=C[C@]4(O)[C@H](O)[C@@H]5O[C@]5(CO)[C@@H]34)[C@H](O)[C@@H](O)[C@@H]2O)ccc1O. The fourth-order valence-electron chi connectivity index (χ4n) is 5.37. The maximum atomic E-state index is 12.2. The van der Waals surface area contributed by atoms with Crippen molar-refractivity contribution in [2.45, 2.75) is 60.4 Å². The molecule has 1 aromatic rings. The van der Waals surface area contributed by atoms with Gasteiger partial charge in [-0.1, -0.05) is 6.07 Å². The molecule has 14 nitrogen and oxygen atoms in total. The van der Waals surface area contributed by atoms with E-state index in [1.54, 1.807) is 0 Å². The Hall–Kier alpha value is -2.79. The Labute approximate surface area is 221 Å². The Morgan fingerprint density at radius 3 is 2.62 bits per heavy atom. The first kappa shape index (κ1) is 27.8. The van der Waals surface area contributed by atoms with Gasteiger partial charge in [-0.25, -0.2) is 4.79 Å². The molecule has 14 heteroatoms. The van der Waals surface area contributed by atoms with Gasteiger partial charge in [0, 0.05) is 6.08 Å². The number of methoxy groups -OCH3 is 1. The molecule has 3 heterocycles. The molecule has 0 radical (unpaired) electrons. The number of esters is 1. The molecule has 39 heavy (non-hydrogen) atoms. The van der Waals surface area contributed by atoms with Gasteiger partial charge in [-0.05, 0) is 29.8 Å². The molecule has 2 saturated heterocycles. The van der Waals surface area contributed by atoms with Gasteiger partial charge in [0.1, 0.15) is 54.4 Å². The minimum absolute atomic E-state index is 0.0716. The average Bonchev–Trinajstić information content (AvgIpc) is 3.62. The topological polar surface area (TPSA) is 217 Å². The number of carbonyl (C=O) groups excluding carboxylic acids is 1. The summed E-state index contributed by atoms with van der Waals surface area (Å²) >= 11 is 0. The van der Waals surface area contributed by atoms with Crippen molar-refractivity contribution >= 4 is 12.0 Å². The molecule has 214 valence electrons. The number of ether oxygens (including phenoxy) is 6. The number of aliphatic hydroxyl groups excluding tert-OH is 5. The standard InChI is InChI=1S/C25H30O14/c1-34-13-8-11(2-4-12(13)27)3-5-15(28)36-9-14-16(29)17(30)18(31)22(37-14)38-23-19-24(33,6-7-35-23)20(32)21-25(19,10-26)39-21/h2-8,14,16-23,26-27,29-33H,9-10H2,1H3/b5-3+/t14-,16-,17+,18-,19+,20-,21+,22+,23-,24-,25-/m1/s1. The van der Waals surface area contributed by atoms with Crippen LogP contribution in [0.25, 0.3) is 6.08 Å². The third kappa shape index (κ3) is 4.67. The summed E-state index contributed by atoms with van der Waals surface area (Å²) in [6.07, 6.45) is -7.00. The molecule has 1 aliphatic carbocycles. The lowest BCUT2D eigenvalue weighted by atomic mass is 9.81. The molecule has 7 N–H and O–H groups in total. The molecule has 1 aromatic carbocycles. The van der Waals surface area contributed by atoms with Gasteiger partial charge in [0.25, 0.3) is 0 Å². The Kier molecular flexibility index (Phi) is 7.34. The molecule has 0 amide bonds. The molecule has 11 atom stereocenters. The molecule has 4 aliphatic rings. The van der Waals surface area contributed by atoms with Crippen LogP contribution in [0.5, 0.6) is 11.5 Å². The normalized spacial score (nSPS) is 42.5. The average molecular weight is 555 g/mol. The molecule has 5 rings (SSSR count). The summed E-state index contributed by atoms with van der Waals surface area (Å²) in [5.41, 5.74) is -2.69. The zero-order valence-electron chi connectivity index (χ0n) is 20.6. The summed E-state index contributed by atoms with van der Waals surface area (Å²) in [5, 5.41) is 72.4. The van der Waals surface area contributed by atoms with Crippen LogP contribution in [0.2, 0.25) is 0 Å². The molecule has 3 aliphatic heterocycles. The maximum absolute atomic E-state index is 12.2. The smallest absolute Gasteiger partial charge is 0.330 e. The highest BCUT2D eigenvalue weighted by atomic mass is 16.8. The number of aliphatic hydroxyl groups is 6. The van der Waals surface area contributed by atoms with Crippen molar-refractivity contribution in [2.75, 3.05) is 20.3 Å². The van der Waals surface area contributed by atoms with Gasteiger partial charge in [0.15, 0.2) is 17.8 Å². The lowest BCUT2D eigenvalue weighted by Gasteiger charge is -2.45. The van der Waals surface area contributed by atoms with Crippen LogP contribution in [0, 0.1) is 5.92 Å². The van der Waals surface area contributed by atoms with Crippen molar-refractivity contribution in [3.05, 3.63) is 42.2 Å². The first-order valence-electron chi connectivity index (χ1n) is 12.1. The summed E-state index contributed by atoms with van der Waals surface area (Å²) in [7, 11) is 1.38. The van der Waals surface area contributed by atoms with Crippen LogP contribution >= 0.6 is 0 Å². The third-order valence-corrected chi connectivity index (χ3v) is 7.57. The summed E-state index contributed by atoms with van der Waals surface area (Å²) in [6.45, 7) is -1.09. The van der Waals surface area contributed by atoms with Crippen molar-refractivity contribution in [1.82, 2.24) is 0 Å². The van der Waals surface area contributed by atoms with Gasteiger partial charge in [-0.3, -0.25) is 0 Å². The molecular formula is C25H30O14. The van der Waals surface area contributed by atoms with E-state index in [1.165, 1.54) is 37.5 Å². The highest BCUT2D eigenvalue weighted by molar-refractivity contribution is 5.87. The van der Waals surface area contributed by atoms with Crippen molar-refractivity contribution in [1.29, 1.82) is 0 Å². The fourth-order valence-corrected chi connectivity index (χ4v) is 5.37. The highest BCUT2D eigenvalue weighted by Gasteiger charge is 2.81. The minimum atomic E-state index is -1.87. The minimum Gasteiger partial charge on any atom is -0.504 e. The Morgan fingerprint density at radius 1 is 1.13 bits per heavy atom. The maximum Gasteiger partial charge on any atom is 0.330 e. The van der Waals surface area contributed by atoms with E-state index in [2.05, 4.69) is 0 Å². The van der Waals surface area contributed by atoms with E-state index in [-0.39, 0.29) is 11.5 Å². The van der Waals surface area contributed by atoms with Gasteiger partial charge in [-0.2, -0.15) is 0 Å². The number of phenolic OH excluding ortho intramolecular Hbond substituents is 1. The second kappa shape index (κ2) is 10.3. The highest BCUT2D eigenvalue weighted by Crippen LogP contribution is 2.61. The molecular weight excluding hydrogens is 524 g/mol. The van der Waals surface area contributed by atoms with Crippen molar-refractivity contribution in [2.24, 2.45) is 5.92 Å². The Morgan fingerprint density at radius 2 is 1.90 bits per heavy atom. The number of hydrogen-bond acceptors (Lipinski definition) is 14. The van der Waals surface area contributed by atoms with Gasteiger partial charge < -0.3 is 64.2 Å². The zero-order valence-corrected chi connectivity index (χ0v) is 20.6. The molecule has 1 saturated carbocycles. The van der Waals surface area contributed by atoms with E-state index in [4.69, 9.17) is 28.4 Å². The zero-order chi connectivity index (χ0) is 28.1. The van der Waals surface area contributed by atoms with E-state index in [0.29, 0.717) is 5.56 Å². The number of carbonyl (C=O) groups is 1. The van der Waals surface area contributed by atoms with Crippen LogP contribution in [0.1, 0.15) is 5.56 Å². The third-order valence-electron chi connectivity index (χ3n) is 7.57.